The summed E-state index contributed by atoms with van der Waals surface area (Å²) < 4.78 is 0. The Hall–Kier alpha value is -1.06. The van der Waals surface area contributed by atoms with Crippen LogP contribution in [0.3, 0.4) is 0 Å². The first-order valence-electron chi connectivity index (χ1n) is 6.16. The second-order valence-electron chi connectivity index (χ2n) is 4.50. The molecule has 1 unspecified atom stereocenters. The number of hydrogen-bond acceptors (Lipinski definition) is 2. The molecule has 0 radical (unpaired) electrons. The van der Waals surface area contributed by atoms with E-state index in [9.17, 15) is 4.79 Å². The average Bonchev–Trinajstić information content (AvgIpc) is 2.35. The van der Waals surface area contributed by atoms with Gasteiger partial charge >= 0.3 is 0 Å². The molecule has 1 aromatic carbocycles. The number of nitrogens with zero attached hydrogens (tertiary/aromatic N) is 1. The molecule has 0 bridgehead atoms. The Morgan fingerprint density at radius 1 is 1.28 bits per heavy atom. The Morgan fingerprint density at radius 3 is 2.28 bits per heavy atom. The van der Waals surface area contributed by atoms with E-state index in [0.717, 1.165) is 12.0 Å². The first-order valence-corrected chi connectivity index (χ1v) is 6.16. The number of halogens is 1. The minimum Gasteiger partial charge on any atom is -0.334 e. The SMILES string of the molecule is CCC(C)N(Cc1ccccc1)C(=O)[C@@H](C)N.Cl. The summed E-state index contributed by atoms with van der Waals surface area (Å²) in [7, 11) is 0. The van der Waals surface area contributed by atoms with Gasteiger partial charge in [-0.2, -0.15) is 0 Å². The third kappa shape index (κ3) is 4.67. The van der Waals surface area contributed by atoms with Crippen molar-refractivity contribution in [3.63, 3.8) is 0 Å². The molecular formula is C14H23ClN2O. The third-order valence-electron chi connectivity index (χ3n) is 2.99. The van der Waals surface area contributed by atoms with Crippen LogP contribution in [0.15, 0.2) is 30.3 Å². The monoisotopic (exact) mass is 270 g/mol. The highest BCUT2D eigenvalue weighted by molar-refractivity contribution is 5.85. The molecule has 102 valence electrons. The van der Waals surface area contributed by atoms with Crippen molar-refractivity contribution < 1.29 is 4.79 Å². The molecule has 18 heavy (non-hydrogen) atoms. The van der Waals surface area contributed by atoms with Gasteiger partial charge in [0, 0.05) is 12.6 Å². The zero-order chi connectivity index (χ0) is 12.8. The summed E-state index contributed by atoms with van der Waals surface area (Å²) in [5.74, 6) is 0.0169. The molecule has 0 aromatic heterocycles. The fourth-order valence-electron chi connectivity index (χ4n) is 1.71. The number of nitrogens with two attached hydrogens (primary N) is 1. The van der Waals surface area contributed by atoms with Gasteiger partial charge in [0.2, 0.25) is 5.91 Å². The maximum absolute atomic E-state index is 12.0. The summed E-state index contributed by atoms with van der Waals surface area (Å²) in [5.41, 5.74) is 6.83. The van der Waals surface area contributed by atoms with Crippen LogP contribution in [0.5, 0.6) is 0 Å². The fourth-order valence-corrected chi connectivity index (χ4v) is 1.71. The van der Waals surface area contributed by atoms with Gasteiger partial charge in [0.15, 0.2) is 0 Å². The van der Waals surface area contributed by atoms with Gasteiger partial charge in [-0.25, -0.2) is 0 Å². The topological polar surface area (TPSA) is 46.3 Å². The maximum Gasteiger partial charge on any atom is 0.239 e. The molecule has 1 rings (SSSR count). The van der Waals surface area contributed by atoms with Crippen LogP contribution in [0.2, 0.25) is 0 Å². The van der Waals surface area contributed by atoms with Crippen molar-refractivity contribution in [2.45, 2.75) is 45.8 Å². The quantitative estimate of drug-likeness (QED) is 0.894. The molecule has 0 aliphatic heterocycles. The number of carbonyl (C=O) groups excluding carboxylic acids is 1. The van der Waals surface area contributed by atoms with E-state index in [1.54, 1.807) is 6.92 Å². The van der Waals surface area contributed by atoms with Crippen LogP contribution in [-0.2, 0) is 11.3 Å². The highest BCUT2D eigenvalue weighted by Gasteiger charge is 2.21. The number of rotatable bonds is 5. The first kappa shape index (κ1) is 16.9. The smallest absolute Gasteiger partial charge is 0.239 e. The first-order chi connectivity index (χ1) is 8.06. The van der Waals surface area contributed by atoms with Gasteiger partial charge in [-0.1, -0.05) is 37.3 Å². The summed E-state index contributed by atoms with van der Waals surface area (Å²) in [6.45, 7) is 6.51. The van der Waals surface area contributed by atoms with Gasteiger partial charge in [-0.15, -0.1) is 12.4 Å². The van der Waals surface area contributed by atoms with Crippen molar-refractivity contribution in [2.24, 2.45) is 5.73 Å². The molecule has 0 spiro atoms. The van der Waals surface area contributed by atoms with E-state index >= 15 is 0 Å². The van der Waals surface area contributed by atoms with E-state index in [2.05, 4.69) is 13.8 Å². The van der Waals surface area contributed by atoms with E-state index in [1.165, 1.54) is 0 Å². The second-order valence-corrected chi connectivity index (χ2v) is 4.50. The average molecular weight is 271 g/mol. The summed E-state index contributed by atoms with van der Waals surface area (Å²) in [6, 6.07) is 9.79. The molecule has 0 aliphatic rings. The Labute approximate surface area is 116 Å². The van der Waals surface area contributed by atoms with Crippen molar-refractivity contribution in [1.82, 2.24) is 4.90 Å². The molecular weight excluding hydrogens is 248 g/mol. The molecule has 0 aliphatic carbocycles. The summed E-state index contributed by atoms with van der Waals surface area (Å²) in [5, 5.41) is 0. The Kier molecular flexibility index (Phi) is 7.64. The summed E-state index contributed by atoms with van der Waals surface area (Å²) in [6.07, 6.45) is 0.936. The van der Waals surface area contributed by atoms with Gasteiger partial charge in [0.1, 0.15) is 0 Å². The number of carbonyl (C=O) groups is 1. The Balaban J connectivity index is 0.00000289. The van der Waals surface area contributed by atoms with E-state index in [1.807, 2.05) is 35.2 Å². The largest absolute Gasteiger partial charge is 0.334 e. The standard InChI is InChI=1S/C14H22N2O.ClH/c1-4-11(2)16(14(17)12(3)15)10-13-8-6-5-7-9-13;/h5-9,11-12H,4,10,15H2,1-3H3;1H/t11?,12-;/m1./s1. The zero-order valence-corrected chi connectivity index (χ0v) is 12.1. The van der Waals surface area contributed by atoms with Crippen LogP contribution in [-0.4, -0.2) is 22.9 Å². The van der Waals surface area contributed by atoms with Gasteiger partial charge in [0.25, 0.3) is 0 Å². The van der Waals surface area contributed by atoms with E-state index in [4.69, 9.17) is 5.73 Å². The van der Waals surface area contributed by atoms with Crippen LogP contribution in [0.25, 0.3) is 0 Å². The fraction of sp³-hybridized carbons (Fsp3) is 0.500. The Morgan fingerprint density at radius 2 is 1.83 bits per heavy atom. The van der Waals surface area contributed by atoms with Crippen LogP contribution in [0.1, 0.15) is 32.8 Å². The van der Waals surface area contributed by atoms with Gasteiger partial charge in [-0.05, 0) is 25.8 Å². The lowest BCUT2D eigenvalue weighted by molar-refractivity contribution is -0.135. The van der Waals surface area contributed by atoms with Gasteiger partial charge < -0.3 is 10.6 Å². The van der Waals surface area contributed by atoms with Crippen molar-refractivity contribution in [1.29, 1.82) is 0 Å². The second kappa shape index (κ2) is 8.11. The molecule has 2 atom stereocenters. The molecule has 3 nitrogen and oxygen atoms in total. The van der Waals surface area contributed by atoms with E-state index in [-0.39, 0.29) is 24.4 Å². The third-order valence-corrected chi connectivity index (χ3v) is 2.99. The van der Waals surface area contributed by atoms with Gasteiger partial charge in [-0.3, -0.25) is 4.79 Å². The van der Waals surface area contributed by atoms with Crippen molar-refractivity contribution >= 4 is 18.3 Å². The van der Waals surface area contributed by atoms with Crippen molar-refractivity contribution in [2.75, 3.05) is 0 Å². The lowest BCUT2D eigenvalue weighted by Crippen LogP contribution is -2.45. The van der Waals surface area contributed by atoms with Crippen LogP contribution in [0, 0.1) is 0 Å². The maximum atomic E-state index is 12.0. The molecule has 0 saturated heterocycles. The van der Waals surface area contributed by atoms with E-state index < -0.39 is 6.04 Å². The minimum atomic E-state index is -0.437. The molecule has 2 N–H and O–H groups in total. The highest BCUT2D eigenvalue weighted by Crippen LogP contribution is 2.11. The number of amides is 1. The highest BCUT2D eigenvalue weighted by atomic mass is 35.5. The predicted molar refractivity (Wildman–Crippen MR) is 77.6 cm³/mol. The normalized spacial score (nSPS) is 13.3. The molecule has 1 amide bonds. The lowest BCUT2D eigenvalue weighted by atomic mass is 10.1. The van der Waals surface area contributed by atoms with Crippen LogP contribution in [0.4, 0.5) is 0 Å². The summed E-state index contributed by atoms with van der Waals surface area (Å²) >= 11 is 0. The molecule has 0 saturated carbocycles. The molecule has 0 heterocycles. The number of hydrogen-bond donors (Lipinski definition) is 1. The number of benzene rings is 1. The zero-order valence-electron chi connectivity index (χ0n) is 11.3. The molecule has 4 heteroatoms. The van der Waals surface area contributed by atoms with Crippen LogP contribution >= 0.6 is 12.4 Å². The Bertz CT molecular complexity index is 354. The molecule has 1 aromatic rings. The molecule has 0 fully saturated rings. The summed E-state index contributed by atoms with van der Waals surface area (Å²) in [4.78, 5) is 13.9. The van der Waals surface area contributed by atoms with Crippen molar-refractivity contribution in [3.05, 3.63) is 35.9 Å². The van der Waals surface area contributed by atoms with E-state index in [0.29, 0.717) is 6.54 Å². The van der Waals surface area contributed by atoms with Gasteiger partial charge in [0.05, 0.1) is 6.04 Å². The van der Waals surface area contributed by atoms with Crippen molar-refractivity contribution in [3.8, 4) is 0 Å². The predicted octanol–water partition coefficient (Wildman–Crippen LogP) is 2.58. The minimum absolute atomic E-state index is 0. The van der Waals surface area contributed by atoms with Crippen LogP contribution < -0.4 is 5.73 Å². The lowest BCUT2D eigenvalue weighted by Gasteiger charge is -2.30.